The zero-order valence-corrected chi connectivity index (χ0v) is 15.5. The third kappa shape index (κ3) is 5.62. The molecular formula is C18H23N2O4P. The summed E-state index contributed by atoms with van der Waals surface area (Å²) in [7, 11) is -2.01. The highest BCUT2D eigenvalue weighted by molar-refractivity contribution is 7.58. The molecule has 0 saturated heterocycles. The Bertz CT molecular complexity index is 735. The van der Waals surface area contributed by atoms with Crippen LogP contribution in [-0.4, -0.2) is 30.8 Å². The minimum atomic E-state index is -3.56. The minimum Gasteiger partial charge on any atom is -0.465 e. The molecule has 1 N–H and O–H groups in total. The maximum absolute atomic E-state index is 13.5. The van der Waals surface area contributed by atoms with Crippen molar-refractivity contribution >= 4 is 19.3 Å². The second kappa shape index (κ2) is 8.70. The van der Waals surface area contributed by atoms with Gasteiger partial charge in [-0.1, -0.05) is 35.9 Å². The molecule has 0 aromatic heterocycles. The summed E-state index contributed by atoms with van der Waals surface area (Å²) in [5.41, 5.74) is 1.73. The van der Waals surface area contributed by atoms with Gasteiger partial charge in [0.05, 0.1) is 6.61 Å². The van der Waals surface area contributed by atoms with Crippen LogP contribution in [0.15, 0.2) is 54.6 Å². The van der Waals surface area contributed by atoms with E-state index in [4.69, 9.17) is 9.26 Å². The second-order valence-corrected chi connectivity index (χ2v) is 7.65. The number of nitrogens with zero attached hydrogens (tertiary/aromatic N) is 1. The fourth-order valence-corrected chi connectivity index (χ4v) is 3.62. The molecule has 0 aliphatic carbocycles. The van der Waals surface area contributed by atoms with Crippen LogP contribution in [0.1, 0.15) is 12.5 Å². The van der Waals surface area contributed by atoms with Gasteiger partial charge in [0.2, 0.25) is 0 Å². The highest BCUT2D eigenvalue weighted by Crippen LogP contribution is 2.49. The van der Waals surface area contributed by atoms with E-state index in [0.717, 1.165) is 5.56 Å². The van der Waals surface area contributed by atoms with E-state index < -0.39 is 13.6 Å². The topological polar surface area (TPSA) is 67.9 Å². The number of carbonyl (C=O) groups excluding carboxylic acids is 1. The molecule has 2 aromatic carbocycles. The number of carbonyl (C=O) groups is 1. The normalized spacial score (nSPS) is 13.1. The maximum Gasteiger partial charge on any atom is 0.420 e. The van der Waals surface area contributed by atoms with E-state index in [2.05, 4.69) is 5.09 Å². The predicted octanol–water partition coefficient (Wildman–Crippen LogP) is 4.09. The number of aryl methyl sites for hydroxylation is 1. The second-order valence-electron chi connectivity index (χ2n) is 5.52. The summed E-state index contributed by atoms with van der Waals surface area (Å²) in [6, 6.07) is 16.3. The van der Waals surface area contributed by atoms with Crippen LogP contribution in [0, 0.1) is 6.92 Å². The molecule has 6 nitrogen and oxygen atoms in total. The van der Waals surface area contributed by atoms with Gasteiger partial charge in [0.25, 0.3) is 0 Å². The summed E-state index contributed by atoms with van der Waals surface area (Å²) in [4.78, 5) is 11.8. The van der Waals surface area contributed by atoms with E-state index in [1.807, 2.05) is 37.3 Å². The van der Waals surface area contributed by atoms with Crippen molar-refractivity contribution in [2.24, 2.45) is 0 Å². The van der Waals surface area contributed by atoms with Gasteiger partial charge in [-0.3, -0.25) is 9.88 Å². The Hall–Kier alpha value is -2.30. The molecule has 0 radical (unpaired) electrons. The number of esters is 1. The van der Waals surface area contributed by atoms with Crippen LogP contribution in [0.3, 0.4) is 0 Å². The van der Waals surface area contributed by atoms with Crippen LogP contribution in [0.5, 0.6) is 5.75 Å². The Morgan fingerprint density at radius 3 is 2.36 bits per heavy atom. The maximum atomic E-state index is 13.5. The Labute approximate surface area is 148 Å². The molecule has 0 bridgehead atoms. The molecule has 0 aliphatic rings. The van der Waals surface area contributed by atoms with Gasteiger partial charge in [0.1, 0.15) is 12.3 Å². The van der Waals surface area contributed by atoms with Gasteiger partial charge in [-0.15, -0.1) is 0 Å². The average molecular weight is 362 g/mol. The molecule has 0 amide bonds. The summed E-state index contributed by atoms with van der Waals surface area (Å²) in [6.07, 6.45) is 0. The van der Waals surface area contributed by atoms with Crippen LogP contribution in [-0.2, 0) is 14.1 Å². The standard InChI is InChI=1S/C18H23N2O4P/c1-4-23-18(21)14-20(3)25(22,24-17-8-6-5-7-9-17)19-16-12-10-15(2)11-13-16/h5-13H,4,14H2,1-3H3,(H,19,22). The number of nitrogens with one attached hydrogen (secondary N) is 1. The lowest BCUT2D eigenvalue weighted by molar-refractivity contribution is -0.143. The molecule has 0 aliphatic heterocycles. The number of anilines is 1. The lowest BCUT2D eigenvalue weighted by Crippen LogP contribution is -2.29. The number of benzene rings is 2. The molecule has 134 valence electrons. The zero-order valence-electron chi connectivity index (χ0n) is 14.6. The molecule has 1 atom stereocenters. The first kappa shape index (κ1) is 19.0. The average Bonchev–Trinajstić information content (AvgIpc) is 2.58. The van der Waals surface area contributed by atoms with Crippen molar-refractivity contribution < 1.29 is 18.6 Å². The van der Waals surface area contributed by atoms with Crippen LogP contribution in [0.25, 0.3) is 0 Å². The smallest absolute Gasteiger partial charge is 0.420 e. The molecule has 0 heterocycles. The van der Waals surface area contributed by atoms with Crippen LogP contribution in [0.2, 0.25) is 0 Å². The van der Waals surface area contributed by atoms with Crippen molar-refractivity contribution in [3.63, 3.8) is 0 Å². The Morgan fingerprint density at radius 1 is 1.12 bits per heavy atom. The molecule has 25 heavy (non-hydrogen) atoms. The molecule has 0 spiro atoms. The van der Waals surface area contributed by atoms with E-state index in [9.17, 15) is 9.36 Å². The Kier molecular flexibility index (Phi) is 6.62. The highest BCUT2D eigenvalue weighted by Gasteiger charge is 2.33. The van der Waals surface area contributed by atoms with Crippen molar-refractivity contribution in [1.29, 1.82) is 0 Å². The third-order valence-electron chi connectivity index (χ3n) is 3.41. The van der Waals surface area contributed by atoms with E-state index in [-0.39, 0.29) is 13.2 Å². The van der Waals surface area contributed by atoms with Gasteiger partial charge in [-0.05, 0) is 45.2 Å². The van der Waals surface area contributed by atoms with Gasteiger partial charge in [-0.2, -0.15) is 4.67 Å². The van der Waals surface area contributed by atoms with E-state index in [1.165, 1.54) is 4.67 Å². The summed E-state index contributed by atoms with van der Waals surface area (Å²) < 4.78 is 25.5. The largest absolute Gasteiger partial charge is 0.465 e. The van der Waals surface area contributed by atoms with Gasteiger partial charge < -0.3 is 9.26 Å². The van der Waals surface area contributed by atoms with Crippen molar-refractivity contribution in [2.75, 3.05) is 25.3 Å². The first-order chi connectivity index (χ1) is 11.9. The van der Waals surface area contributed by atoms with E-state index in [0.29, 0.717) is 11.4 Å². The lowest BCUT2D eigenvalue weighted by atomic mass is 10.2. The first-order valence-electron chi connectivity index (χ1n) is 8.00. The zero-order chi connectivity index (χ0) is 18.3. The summed E-state index contributed by atoms with van der Waals surface area (Å²) in [6.45, 7) is 3.80. The summed E-state index contributed by atoms with van der Waals surface area (Å²) in [5, 5.41) is 2.93. The molecule has 2 aromatic rings. The van der Waals surface area contributed by atoms with Crippen LogP contribution in [0.4, 0.5) is 5.69 Å². The van der Waals surface area contributed by atoms with Gasteiger partial charge in [0, 0.05) is 5.69 Å². The molecular weight excluding hydrogens is 339 g/mol. The fourth-order valence-electron chi connectivity index (χ4n) is 2.08. The lowest BCUT2D eigenvalue weighted by Gasteiger charge is -2.28. The molecule has 0 saturated carbocycles. The quantitative estimate of drug-likeness (QED) is 0.564. The monoisotopic (exact) mass is 362 g/mol. The number of likely N-dealkylation sites (N-methyl/N-ethyl adjacent to an activating group) is 1. The fraction of sp³-hybridized carbons (Fsp3) is 0.278. The van der Waals surface area contributed by atoms with Crippen LogP contribution >= 0.6 is 7.67 Å². The van der Waals surface area contributed by atoms with Crippen molar-refractivity contribution in [3.8, 4) is 5.75 Å². The summed E-state index contributed by atoms with van der Waals surface area (Å²) in [5.74, 6) is -0.0197. The first-order valence-corrected chi connectivity index (χ1v) is 9.57. The molecule has 1 unspecified atom stereocenters. The predicted molar refractivity (Wildman–Crippen MR) is 98.7 cm³/mol. The third-order valence-corrected chi connectivity index (χ3v) is 5.45. The van der Waals surface area contributed by atoms with E-state index >= 15 is 0 Å². The molecule has 0 fully saturated rings. The summed E-state index contributed by atoms with van der Waals surface area (Å²) >= 11 is 0. The van der Waals surface area contributed by atoms with Crippen molar-refractivity contribution in [1.82, 2.24) is 4.67 Å². The van der Waals surface area contributed by atoms with E-state index in [1.54, 1.807) is 38.2 Å². The Balaban J connectivity index is 2.24. The van der Waals surface area contributed by atoms with Gasteiger partial charge >= 0.3 is 13.6 Å². The number of hydrogen-bond acceptors (Lipinski definition) is 4. The van der Waals surface area contributed by atoms with Gasteiger partial charge in [0.15, 0.2) is 0 Å². The SMILES string of the molecule is CCOC(=O)CN(C)P(=O)(Nc1ccc(C)cc1)Oc1ccccc1. The number of rotatable bonds is 8. The Morgan fingerprint density at radius 2 is 1.76 bits per heavy atom. The minimum absolute atomic E-state index is 0.156. The molecule has 7 heteroatoms. The molecule has 2 rings (SSSR count). The van der Waals surface area contributed by atoms with Crippen molar-refractivity contribution in [3.05, 3.63) is 60.2 Å². The number of para-hydroxylation sites is 1. The van der Waals surface area contributed by atoms with Crippen LogP contribution < -0.4 is 9.61 Å². The number of ether oxygens (including phenoxy) is 1. The number of hydrogen-bond donors (Lipinski definition) is 1. The van der Waals surface area contributed by atoms with Crippen molar-refractivity contribution in [2.45, 2.75) is 13.8 Å². The van der Waals surface area contributed by atoms with Gasteiger partial charge in [-0.25, -0.2) is 4.57 Å². The highest BCUT2D eigenvalue weighted by atomic mass is 31.2.